The monoisotopic (exact) mass is 555 g/mol. The minimum absolute atomic E-state index is 0. The van der Waals surface area contributed by atoms with Gasteiger partial charge in [-0.25, -0.2) is 0 Å². The summed E-state index contributed by atoms with van der Waals surface area (Å²) in [5, 5.41) is 2.78. The van der Waals surface area contributed by atoms with Gasteiger partial charge in [0.05, 0.1) is 0 Å². The normalized spacial score (nSPS) is 8.97. The van der Waals surface area contributed by atoms with E-state index in [1.54, 1.807) is 0 Å². The van der Waals surface area contributed by atoms with Gasteiger partial charge < -0.3 is 39.4 Å². The molecule has 0 aliphatic rings. The first kappa shape index (κ1) is 33.4. The zero-order chi connectivity index (χ0) is 17.1. The van der Waals surface area contributed by atoms with Gasteiger partial charge in [0, 0.05) is 26.0 Å². The van der Waals surface area contributed by atoms with Crippen molar-refractivity contribution in [1.82, 2.24) is 0 Å². The molecular weight excluding hydrogens is 527 g/mol. The van der Waals surface area contributed by atoms with E-state index in [0.29, 0.717) is 0 Å². The Labute approximate surface area is 215 Å². The number of halogens is 2. The molecule has 2 aromatic heterocycles. The van der Waals surface area contributed by atoms with E-state index < -0.39 is 0 Å². The molecule has 156 valence electrons. The van der Waals surface area contributed by atoms with Gasteiger partial charge in [0.2, 0.25) is 21.0 Å². The van der Waals surface area contributed by atoms with Crippen LogP contribution in [-0.4, -0.2) is 5.48 Å². The van der Waals surface area contributed by atoms with Crippen LogP contribution in [0.15, 0.2) is 48.5 Å². The SMILES string of the molecule is C.CC[n+]1c(C)sc2ccccc21.CC[n+]1c(C)sc2ccccc21.O.[Br-].[Br-].[Li+]. The van der Waals surface area contributed by atoms with Crippen LogP contribution in [0.1, 0.15) is 31.3 Å². The van der Waals surface area contributed by atoms with E-state index in [-0.39, 0.29) is 65.7 Å². The third-order valence-electron chi connectivity index (χ3n) is 4.22. The number of fused-ring (bicyclic) bond motifs is 2. The van der Waals surface area contributed by atoms with Crippen molar-refractivity contribution in [2.45, 2.75) is 48.2 Å². The maximum absolute atomic E-state index is 2.35. The van der Waals surface area contributed by atoms with Crippen LogP contribution < -0.4 is 62.0 Å². The Kier molecular flexibility index (Phi) is 17.9. The maximum Gasteiger partial charge on any atom is 1.00 e. The third kappa shape index (κ3) is 7.43. The second kappa shape index (κ2) is 15.5. The number of benzene rings is 2. The molecule has 2 N–H and O–H groups in total. The molecule has 0 bridgehead atoms. The molecule has 0 fully saturated rings. The van der Waals surface area contributed by atoms with Gasteiger partial charge in [0.25, 0.3) is 0 Å². The first-order chi connectivity index (χ1) is 11.7. The van der Waals surface area contributed by atoms with Crippen LogP contribution >= 0.6 is 22.7 Å². The molecule has 4 rings (SSSR count). The average molecular weight is 557 g/mol. The van der Waals surface area contributed by atoms with Gasteiger partial charge in [0.1, 0.15) is 22.5 Å². The summed E-state index contributed by atoms with van der Waals surface area (Å²) < 4.78 is 7.47. The van der Waals surface area contributed by atoms with Crippen molar-refractivity contribution < 1.29 is 67.4 Å². The van der Waals surface area contributed by atoms with Crippen LogP contribution in [0.2, 0.25) is 0 Å². The van der Waals surface area contributed by atoms with Crippen LogP contribution in [0.3, 0.4) is 0 Å². The van der Waals surface area contributed by atoms with Gasteiger partial charge in [-0.2, -0.15) is 9.13 Å². The first-order valence-corrected chi connectivity index (χ1v) is 10.0. The van der Waals surface area contributed by atoms with Gasteiger partial charge in [-0.05, 0) is 26.0 Å². The smallest absolute Gasteiger partial charge is 1.00 e. The van der Waals surface area contributed by atoms with Crippen molar-refractivity contribution in [3.05, 3.63) is 58.5 Å². The van der Waals surface area contributed by atoms with Gasteiger partial charge in [0.15, 0.2) is 0 Å². The summed E-state index contributed by atoms with van der Waals surface area (Å²) in [7, 11) is 0. The van der Waals surface area contributed by atoms with Crippen molar-refractivity contribution in [2.24, 2.45) is 0 Å². The van der Waals surface area contributed by atoms with Crippen molar-refractivity contribution in [2.75, 3.05) is 0 Å². The molecule has 29 heavy (non-hydrogen) atoms. The van der Waals surface area contributed by atoms with Crippen LogP contribution in [-0.2, 0) is 13.1 Å². The van der Waals surface area contributed by atoms with Crippen molar-refractivity contribution in [1.29, 1.82) is 0 Å². The summed E-state index contributed by atoms with van der Waals surface area (Å²) in [4.78, 5) is 0. The Morgan fingerprint density at radius 2 is 1.00 bits per heavy atom. The fourth-order valence-corrected chi connectivity index (χ4v) is 5.26. The van der Waals surface area contributed by atoms with E-state index in [9.17, 15) is 0 Å². The second-order valence-electron chi connectivity index (χ2n) is 5.67. The predicted molar refractivity (Wildman–Crippen MR) is 115 cm³/mol. The number of thiazole rings is 2. The Hall–Kier alpha value is -0.263. The van der Waals surface area contributed by atoms with Crippen molar-refractivity contribution in [3.8, 4) is 0 Å². The Balaban J connectivity index is -0.000000398. The largest absolute Gasteiger partial charge is 1.00 e. The molecule has 0 aliphatic heterocycles. The quantitative estimate of drug-likeness (QED) is 0.178. The van der Waals surface area contributed by atoms with Crippen LogP contribution in [0.5, 0.6) is 0 Å². The summed E-state index contributed by atoms with van der Waals surface area (Å²) in [6.45, 7) is 10.9. The van der Waals surface area contributed by atoms with Gasteiger partial charge >= 0.3 is 18.9 Å². The van der Waals surface area contributed by atoms with Gasteiger partial charge in [-0.15, -0.1) is 0 Å². The number of hydrogen-bond acceptors (Lipinski definition) is 2. The van der Waals surface area contributed by atoms with Crippen molar-refractivity contribution in [3.63, 3.8) is 0 Å². The molecular formula is C21H30Br2LiN2OS2+. The number of hydrogen-bond donors (Lipinski definition) is 0. The summed E-state index contributed by atoms with van der Waals surface area (Å²) >= 11 is 3.73. The molecule has 8 heteroatoms. The molecule has 0 saturated carbocycles. The topological polar surface area (TPSA) is 39.3 Å². The fraction of sp³-hybridized carbons (Fsp3) is 0.333. The molecule has 4 aromatic rings. The maximum atomic E-state index is 2.35. The number of nitrogens with zero attached hydrogens (tertiary/aromatic N) is 2. The minimum Gasteiger partial charge on any atom is -1.00 e. The molecule has 0 radical (unpaired) electrons. The van der Waals surface area contributed by atoms with E-state index >= 15 is 0 Å². The van der Waals surface area contributed by atoms with E-state index in [2.05, 4.69) is 85.4 Å². The number of aromatic nitrogens is 2. The van der Waals surface area contributed by atoms with Gasteiger partial charge in [-0.3, -0.25) is 0 Å². The molecule has 0 saturated heterocycles. The molecule has 3 nitrogen and oxygen atoms in total. The average Bonchev–Trinajstić information content (AvgIpc) is 3.09. The fourth-order valence-electron chi connectivity index (χ4n) is 3.09. The number of rotatable bonds is 2. The molecule has 2 heterocycles. The van der Waals surface area contributed by atoms with Crippen LogP contribution in [0, 0.1) is 13.8 Å². The van der Waals surface area contributed by atoms with E-state index in [0.717, 1.165) is 13.1 Å². The standard InChI is InChI=1S/2C10H12NS.CH4.2BrH.Li.H2O/c2*1-3-11-8(2)12-10-7-5-4-6-9(10)11;;;;;/h2*4-7H,3H2,1-2H3;1H4;2*1H;;1H2/q2*+1;;;;+1;/p-2. The Bertz CT molecular complexity index is 909. The predicted octanol–water partition coefficient (Wildman–Crippen LogP) is -4.14. The third-order valence-corrected chi connectivity index (χ3v) is 6.38. The molecule has 0 atom stereocenters. The summed E-state index contributed by atoms with van der Waals surface area (Å²) in [6, 6.07) is 17.1. The molecule has 0 unspecified atom stereocenters. The first-order valence-electron chi connectivity index (χ1n) is 8.41. The van der Waals surface area contributed by atoms with Crippen molar-refractivity contribution >= 4 is 43.1 Å². The van der Waals surface area contributed by atoms with E-state index in [1.807, 2.05) is 22.7 Å². The Morgan fingerprint density at radius 3 is 1.31 bits per heavy atom. The summed E-state index contributed by atoms with van der Waals surface area (Å²) in [5.41, 5.74) is 2.73. The molecule has 0 spiro atoms. The minimum atomic E-state index is 0. The summed E-state index contributed by atoms with van der Waals surface area (Å²) in [5.74, 6) is 0. The van der Waals surface area contributed by atoms with E-state index in [1.165, 1.54) is 30.4 Å². The Morgan fingerprint density at radius 1 is 0.690 bits per heavy atom. The second-order valence-corrected chi connectivity index (χ2v) is 8.14. The van der Waals surface area contributed by atoms with Gasteiger partial charge in [-0.1, -0.05) is 54.4 Å². The van der Waals surface area contributed by atoms with Crippen LogP contribution in [0.25, 0.3) is 20.4 Å². The summed E-state index contributed by atoms with van der Waals surface area (Å²) in [6.07, 6.45) is 0. The number of aryl methyl sites for hydroxylation is 4. The van der Waals surface area contributed by atoms with E-state index in [4.69, 9.17) is 0 Å². The molecule has 0 aliphatic carbocycles. The molecule has 0 amide bonds. The zero-order valence-corrected chi connectivity index (χ0v) is 21.8. The van der Waals surface area contributed by atoms with Crippen LogP contribution in [0.4, 0.5) is 0 Å². The zero-order valence-electron chi connectivity index (χ0n) is 17.0. The molecule has 2 aromatic carbocycles. The number of para-hydroxylation sites is 2.